The fraction of sp³-hybridized carbons (Fsp3) is 0.619. The van der Waals surface area contributed by atoms with Crippen LogP contribution in [0.3, 0.4) is 0 Å². The van der Waals surface area contributed by atoms with Crippen LogP contribution >= 0.6 is 47.2 Å². The summed E-state index contributed by atoms with van der Waals surface area (Å²) < 4.78 is 0. The Hall–Kier alpha value is -0.770. The summed E-state index contributed by atoms with van der Waals surface area (Å²) in [6.07, 6.45) is 3.36. The lowest BCUT2D eigenvalue weighted by molar-refractivity contribution is -0.139. The number of nitrogens with one attached hydrogen (secondary N) is 2. The van der Waals surface area contributed by atoms with Crippen LogP contribution in [-0.4, -0.2) is 68.0 Å². The second kappa shape index (κ2) is 12.3. The molecule has 1 heterocycles. The molecule has 9 heteroatoms. The zero-order valence-electron chi connectivity index (χ0n) is 17.7. The van der Waals surface area contributed by atoms with Crippen LogP contribution in [0, 0.1) is 5.92 Å². The molecule has 0 bridgehead atoms. The van der Waals surface area contributed by atoms with Crippen molar-refractivity contribution in [2.45, 2.75) is 32.2 Å². The Kier molecular flexibility index (Phi) is 10.5. The first-order chi connectivity index (χ1) is 14.0. The summed E-state index contributed by atoms with van der Waals surface area (Å²) >= 11 is 12.3. The standard InChI is InChI=1S/C21H31Cl2N5O.HI/c1-15(18-7-6-17(22)14-19(18)23)26-21(24-2)25-8-9-27-10-12-28(13-11-27)20(29)16-4-3-5-16;/h6-7,14-16H,3-5,8-13H2,1-2H3,(H2,24,25,26);1H. The second-order valence-corrected chi connectivity index (χ2v) is 8.67. The number of hydrogen-bond acceptors (Lipinski definition) is 3. The second-order valence-electron chi connectivity index (χ2n) is 7.83. The number of carbonyl (C=O) groups is 1. The first-order valence-corrected chi connectivity index (χ1v) is 11.2. The Morgan fingerprint density at radius 3 is 2.50 bits per heavy atom. The lowest BCUT2D eigenvalue weighted by Gasteiger charge is -2.38. The number of benzene rings is 1. The minimum absolute atomic E-state index is 0. The van der Waals surface area contributed by atoms with E-state index in [9.17, 15) is 4.79 Å². The molecule has 1 amide bonds. The Bertz CT molecular complexity index is 736. The summed E-state index contributed by atoms with van der Waals surface area (Å²) in [5, 5.41) is 8.00. The fourth-order valence-corrected chi connectivity index (χ4v) is 4.34. The molecule has 168 valence electrons. The fourth-order valence-electron chi connectivity index (χ4n) is 3.77. The highest BCUT2D eigenvalue weighted by atomic mass is 127. The summed E-state index contributed by atoms with van der Waals surface area (Å²) in [5.74, 6) is 1.41. The van der Waals surface area contributed by atoms with Crippen LogP contribution in [0.4, 0.5) is 0 Å². The molecule has 1 aromatic carbocycles. The van der Waals surface area contributed by atoms with Crippen molar-refractivity contribution in [2.75, 3.05) is 46.3 Å². The summed E-state index contributed by atoms with van der Waals surface area (Å²) in [5.41, 5.74) is 0.978. The van der Waals surface area contributed by atoms with E-state index in [-0.39, 0.29) is 30.0 Å². The molecule has 2 fully saturated rings. The zero-order chi connectivity index (χ0) is 20.8. The molecule has 1 saturated heterocycles. The smallest absolute Gasteiger partial charge is 0.225 e. The van der Waals surface area contributed by atoms with Gasteiger partial charge in [-0.15, -0.1) is 24.0 Å². The Balaban J connectivity index is 0.00000320. The van der Waals surface area contributed by atoms with Gasteiger partial charge in [-0.25, -0.2) is 0 Å². The molecule has 1 unspecified atom stereocenters. The third kappa shape index (κ3) is 6.87. The van der Waals surface area contributed by atoms with Gasteiger partial charge in [0.1, 0.15) is 0 Å². The molecule has 0 aromatic heterocycles. The van der Waals surface area contributed by atoms with Gasteiger partial charge < -0.3 is 15.5 Å². The van der Waals surface area contributed by atoms with Crippen LogP contribution in [0.5, 0.6) is 0 Å². The van der Waals surface area contributed by atoms with Crippen molar-refractivity contribution in [2.24, 2.45) is 10.9 Å². The van der Waals surface area contributed by atoms with Gasteiger partial charge in [-0.2, -0.15) is 0 Å². The number of carbonyl (C=O) groups excluding carboxylic acids is 1. The van der Waals surface area contributed by atoms with Crippen LogP contribution in [0.25, 0.3) is 0 Å². The summed E-state index contributed by atoms with van der Waals surface area (Å²) in [4.78, 5) is 21.1. The van der Waals surface area contributed by atoms with Crippen LogP contribution < -0.4 is 10.6 Å². The quantitative estimate of drug-likeness (QED) is 0.312. The first kappa shape index (κ1) is 25.5. The van der Waals surface area contributed by atoms with Gasteiger partial charge in [-0.3, -0.25) is 14.7 Å². The highest BCUT2D eigenvalue weighted by molar-refractivity contribution is 14.0. The van der Waals surface area contributed by atoms with Gasteiger partial charge in [0.15, 0.2) is 5.96 Å². The predicted molar refractivity (Wildman–Crippen MR) is 135 cm³/mol. The highest BCUT2D eigenvalue weighted by Crippen LogP contribution is 2.28. The maximum atomic E-state index is 12.3. The average Bonchev–Trinajstić information content (AvgIpc) is 2.66. The van der Waals surface area contributed by atoms with Crippen molar-refractivity contribution in [1.82, 2.24) is 20.4 Å². The monoisotopic (exact) mass is 567 g/mol. The third-order valence-electron chi connectivity index (χ3n) is 5.86. The van der Waals surface area contributed by atoms with Crippen LogP contribution in [0.2, 0.25) is 10.0 Å². The zero-order valence-corrected chi connectivity index (χ0v) is 21.5. The lowest BCUT2D eigenvalue weighted by atomic mass is 9.84. The molecule has 0 radical (unpaired) electrons. The van der Waals surface area contributed by atoms with Gasteiger partial charge in [0.05, 0.1) is 6.04 Å². The van der Waals surface area contributed by atoms with Crippen molar-refractivity contribution in [3.8, 4) is 0 Å². The van der Waals surface area contributed by atoms with Gasteiger partial charge in [0.25, 0.3) is 0 Å². The Morgan fingerprint density at radius 2 is 1.93 bits per heavy atom. The summed E-state index contributed by atoms with van der Waals surface area (Å²) in [6, 6.07) is 5.53. The summed E-state index contributed by atoms with van der Waals surface area (Å²) in [7, 11) is 1.76. The molecule has 1 saturated carbocycles. The normalized spacial score (nSPS) is 18.9. The molecule has 1 aliphatic carbocycles. The van der Waals surface area contributed by atoms with E-state index in [4.69, 9.17) is 23.2 Å². The number of piperazine rings is 1. The number of nitrogens with zero attached hydrogens (tertiary/aromatic N) is 3. The maximum absolute atomic E-state index is 12.3. The minimum Gasteiger partial charge on any atom is -0.355 e. The van der Waals surface area contributed by atoms with E-state index in [1.54, 1.807) is 13.1 Å². The molecule has 0 spiro atoms. The lowest BCUT2D eigenvalue weighted by Crippen LogP contribution is -2.52. The summed E-state index contributed by atoms with van der Waals surface area (Å²) in [6.45, 7) is 7.30. The number of rotatable bonds is 6. The number of guanidine groups is 1. The van der Waals surface area contributed by atoms with Crippen molar-refractivity contribution in [1.29, 1.82) is 0 Å². The minimum atomic E-state index is 0. The van der Waals surface area contributed by atoms with Gasteiger partial charge in [-0.05, 0) is 37.5 Å². The molecule has 3 rings (SSSR count). The molecule has 1 atom stereocenters. The van der Waals surface area contributed by atoms with E-state index < -0.39 is 0 Å². The van der Waals surface area contributed by atoms with Crippen molar-refractivity contribution < 1.29 is 4.79 Å². The van der Waals surface area contributed by atoms with Gasteiger partial charge in [0, 0.05) is 62.3 Å². The third-order valence-corrected chi connectivity index (χ3v) is 6.43. The number of aliphatic imine (C=N–C) groups is 1. The van der Waals surface area contributed by atoms with E-state index in [0.717, 1.165) is 63.6 Å². The average molecular weight is 568 g/mol. The predicted octanol–water partition coefficient (Wildman–Crippen LogP) is 3.78. The highest BCUT2D eigenvalue weighted by Gasteiger charge is 2.31. The van der Waals surface area contributed by atoms with Crippen LogP contribution in [0.1, 0.15) is 37.8 Å². The Labute approximate surface area is 206 Å². The molecule has 6 nitrogen and oxygen atoms in total. The van der Waals surface area contributed by atoms with Crippen molar-refractivity contribution >= 4 is 59.0 Å². The largest absolute Gasteiger partial charge is 0.355 e. The topological polar surface area (TPSA) is 60.0 Å². The van der Waals surface area contributed by atoms with Gasteiger partial charge >= 0.3 is 0 Å². The number of hydrogen-bond donors (Lipinski definition) is 2. The number of halogens is 3. The SMILES string of the molecule is CN=C(NCCN1CCN(C(=O)C2CCC2)CC1)NC(C)c1ccc(Cl)cc1Cl.I. The van der Waals surface area contributed by atoms with Crippen molar-refractivity contribution in [3.63, 3.8) is 0 Å². The molecular weight excluding hydrogens is 536 g/mol. The van der Waals surface area contributed by atoms with E-state index >= 15 is 0 Å². The Morgan fingerprint density at radius 1 is 1.23 bits per heavy atom. The first-order valence-electron chi connectivity index (χ1n) is 10.4. The molecule has 1 aliphatic heterocycles. The maximum Gasteiger partial charge on any atom is 0.225 e. The molecule has 1 aromatic rings. The van der Waals surface area contributed by atoms with Gasteiger partial charge in [0.2, 0.25) is 5.91 Å². The number of amides is 1. The van der Waals surface area contributed by atoms with Crippen molar-refractivity contribution in [3.05, 3.63) is 33.8 Å². The van der Waals surface area contributed by atoms with E-state index in [1.165, 1.54) is 6.42 Å². The van der Waals surface area contributed by atoms with Crippen LogP contribution in [0.15, 0.2) is 23.2 Å². The van der Waals surface area contributed by atoms with E-state index in [0.29, 0.717) is 21.9 Å². The molecule has 2 aliphatic rings. The van der Waals surface area contributed by atoms with E-state index in [2.05, 4.69) is 20.5 Å². The molecule has 30 heavy (non-hydrogen) atoms. The molecule has 2 N–H and O–H groups in total. The van der Waals surface area contributed by atoms with E-state index in [1.807, 2.05) is 24.0 Å². The van der Waals surface area contributed by atoms with Gasteiger partial charge in [-0.1, -0.05) is 35.7 Å². The van der Waals surface area contributed by atoms with Crippen LogP contribution in [-0.2, 0) is 4.79 Å². The molecular formula is C21H32Cl2IN5O.